The summed E-state index contributed by atoms with van der Waals surface area (Å²) in [6, 6.07) is 20.6. The molecule has 0 fully saturated rings. The normalized spacial score (nSPS) is 11.0. The molecule has 0 unspecified atom stereocenters. The number of hydrogen-bond acceptors (Lipinski definition) is 8. The van der Waals surface area contributed by atoms with Crippen LogP contribution in [0.4, 0.5) is 0 Å². The van der Waals surface area contributed by atoms with E-state index in [1.165, 1.54) is 13.3 Å². The standard InChI is InChI=1S/C35H31BrClN3O7/c1-5-45-25-15-12-21(18-29(25)46-6-2)35(42)47-26-14-11-20(17-28(26)44-4)19-38-40-34(41)33-30(22-9-7-8-10-24(22)37)31-23(36)13-16-27(43-3)32(31)39-33/h7-19,39H,5-6H2,1-4H3,(H,40,41). The SMILES string of the molecule is CCOc1ccc(C(=O)Oc2ccc(C=NNC(=O)c3[nH]c4c(OC)ccc(Br)c4c3-c3ccccc3Cl)cc2OC)cc1OCC. The summed E-state index contributed by atoms with van der Waals surface area (Å²) >= 11 is 10.2. The maximum Gasteiger partial charge on any atom is 0.343 e. The molecule has 0 aliphatic heterocycles. The molecule has 242 valence electrons. The number of hydrazone groups is 1. The summed E-state index contributed by atoms with van der Waals surface area (Å²) in [4.78, 5) is 29.7. The van der Waals surface area contributed by atoms with Crippen molar-refractivity contribution in [3.05, 3.63) is 99.1 Å². The first-order chi connectivity index (χ1) is 22.8. The zero-order valence-electron chi connectivity index (χ0n) is 26.0. The molecule has 1 aromatic heterocycles. The number of aromatic amines is 1. The van der Waals surface area contributed by atoms with Gasteiger partial charge in [-0.1, -0.05) is 45.7 Å². The fourth-order valence-corrected chi connectivity index (χ4v) is 5.68. The Morgan fingerprint density at radius 3 is 2.30 bits per heavy atom. The summed E-state index contributed by atoms with van der Waals surface area (Å²) in [5, 5.41) is 5.38. The number of halogens is 2. The molecule has 2 N–H and O–H groups in total. The summed E-state index contributed by atoms with van der Waals surface area (Å²) in [7, 11) is 3.01. The van der Waals surface area contributed by atoms with Crippen molar-refractivity contribution in [2.75, 3.05) is 27.4 Å². The van der Waals surface area contributed by atoms with Gasteiger partial charge in [-0.2, -0.15) is 5.10 Å². The minimum atomic E-state index is -0.600. The van der Waals surface area contributed by atoms with Crippen molar-refractivity contribution in [1.29, 1.82) is 0 Å². The van der Waals surface area contributed by atoms with Crippen LogP contribution in [-0.2, 0) is 0 Å². The molecule has 1 heterocycles. The van der Waals surface area contributed by atoms with Crippen LogP contribution in [0.25, 0.3) is 22.0 Å². The largest absolute Gasteiger partial charge is 0.495 e. The topological polar surface area (TPSA) is 120 Å². The smallest absolute Gasteiger partial charge is 0.343 e. The van der Waals surface area contributed by atoms with Gasteiger partial charge in [0.25, 0.3) is 5.91 Å². The van der Waals surface area contributed by atoms with E-state index >= 15 is 0 Å². The quantitative estimate of drug-likeness (QED) is 0.0579. The fraction of sp³-hybridized carbons (Fsp3) is 0.171. The number of methoxy groups -OCH3 is 2. The number of aromatic nitrogens is 1. The van der Waals surface area contributed by atoms with Gasteiger partial charge in [0.2, 0.25) is 0 Å². The Morgan fingerprint density at radius 2 is 1.57 bits per heavy atom. The molecule has 0 aliphatic rings. The zero-order valence-corrected chi connectivity index (χ0v) is 28.3. The number of esters is 1. The van der Waals surface area contributed by atoms with Gasteiger partial charge in [0.1, 0.15) is 11.4 Å². The molecule has 10 nitrogen and oxygen atoms in total. The first-order valence-electron chi connectivity index (χ1n) is 14.6. The number of benzene rings is 4. The Hall–Kier alpha value is -5.00. The molecule has 5 rings (SSSR count). The van der Waals surface area contributed by atoms with E-state index in [1.807, 2.05) is 38.1 Å². The highest BCUT2D eigenvalue weighted by Crippen LogP contribution is 2.43. The second-order valence-corrected chi connectivity index (χ2v) is 11.1. The molecule has 0 radical (unpaired) electrons. The second-order valence-electron chi connectivity index (χ2n) is 9.88. The monoisotopic (exact) mass is 719 g/mol. The van der Waals surface area contributed by atoms with Crippen LogP contribution in [0.2, 0.25) is 5.02 Å². The molecule has 47 heavy (non-hydrogen) atoms. The molecule has 0 bridgehead atoms. The van der Waals surface area contributed by atoms with Gasteiger partial charge in [0, 0.05) is 26.0 Å². The lowest BCUT2D eigenvalue weighted by atomic mass is 10.0. The maximum absolute atomic E-state index is 13.5. The average molecular weight is 721 g/mol. The van der Waals surface area contributed by atoms with E-state index in [2.05, 4.69) is 31.4 Å². The summed E-state index contributed by atoms with van der Waals surface area (Å²) < 4.78 is 28.6. The molecular formula is C35H31BrClN3O7. The lowest BCUT2D eigenvalue weighted by Gasteiger charge is -2.13. The van der Waals surface area contributed by atoms with E-state index in [0.717, 1.165) is 9.86 Å². The molecule has 0 aliphatic carbocycles. The van der Waals surface area contributed by atoms with Gasteiger partial charge < -0.3 is 28.7 Å². The lowest BCUT2D eigenvalue weighted by Crippen LogP contribution is -2.19. The average Bonchev–Trinajstić information content (AvgIpc) is 3.48. The van der Waals surface area contributed by atoms with E-state index < -0.39 is 11.9 Å². The number of nitrogens with one attached hydrogen (secondary N) is 2. The number of hydrogen-bond donors (Lipinski definition) is 2. The van der Waals surface area contributed by atoms with Crippen LogP contribution in [0.3, 0.4) is 0 Å². The first-order valence-corrected chi connectivity index (χ1v) is 15.7. The number of carbonyl (C=O) groups excluding carboxylic acids is 2. The van der Waals surface area contributed by atoms with Crippen LogP contribution < -0.4 is 29.1 Å². The number of amides is 1. The predicted octanol–water partition coefficient (Wildman–Crippen LogP) is 8.05. The van der Waals surface area contributed by atoms with Gasteiger partial charge in [-0.15, -0.1) is 0 Å². The van der Waals surface area contributed by atoms with Crippen molar-refractivity contribution in [2.24, 2.45) is 5.10 Å². The first kappa shape index (κ1) is 33.4. The fourth-order valence-electron chi connectivity index (χ4n) is 4.92. The summed E-state index contributed by atoms with van der Waals surface area (Å²) in [5.74, 6) is 0.936. The third-order valence-corrected chi connectivity index (χ3v) is 8.00. The highest BCUT2D eigenvalue weighted by Gasteiger charge is 2.24. The third-order valence-electron chi connectivity index (χ3n) is 7.01. The number of nitrogens with zero attached hydrogens (tertiary/aromatic N) is 1. The highest BCUT2D eigenvalue weighted by atomic mass is 79.9. The molecule has 0 atom stereocenters. The summed E-state index contributed by atoms with van der Waals surface area (Å²) in [5.41, 5.74) is 5.57. The Labute approximate surface area is 284 Å². The molecule has 0 saturated heterocycles. The molecule has 5 aromatic rings. The van der Waals surface area contributed by atoms with E-state index in [-0.39, 0.29) is 22.8 Å². The molecule has 0 saturated carbocycles. The van der Waals surface area contributed by atoms with Crippen molar-refractivity contribution in [3.8, 4) is 39.9 Å². The molecule has 0 spiro atoms. The zero-order chi connectivity index (χ0) is 33.5. The van der Waals surface area contributed by atoms with Gasteiger partial charge in [-0.05, 0) is 74.0 Å². The van der Waals surface area contributed by atoms with E-state index in [4.69, 9.17) is 35.3 Å². The minimum Gasteiger partial charge on any atom is -0.495 e. The van der Waals surface area contributed by atoms with Gasteiger partial charge >= 0.3 is 5.97 Å². The van der Waals surface area contributed by atoms with Crippen molar-refractivity contribution >= 4 is 56.5 Å². The van der Waals surface area contributed by atoms with Gasteiger partial charge in [0.15, 0.2) is 23.0 Å². The van der Waals surface area contributed by atoms with Crippen molar-refractivity contribution in [2.45, 2.75) is 13.8 Å². The van der Waals surface area contributed by atoms with Gasteiger partial charge in [-0.25, -0.2) is 10.2 Å². The lowest BCUT2D eigenvalue weighted by molar-refractivity contribution is 0.0728. The highest BCUT2D eigenvalue weighted by molar-refractivity contribution is 9.10. The van der Waals surface area contributed by atoms with Crippen LogP contribution in [0.15, 0.2) is 82.4 Å². The number of carbonyl (C=O) groups is 2. The Kier molecular flexibility index (Phi) is 10.7. The summed E-state index contributed by atoms with van der Waals surface area (Å²) in [6.07, 6.45) is 1.45. The molecule has 1 amide bonds. The summed E-state index contributed by atoms with van der Waals surface area (Å²) in [6.45, 7) is 4.58. The van der Waals surface area contributed by atoms with E-state index in [0.29, 0.717) is 57.7 Å². The van der Waals surface area contributed by atoms with Crippen LogP contribution in [-0.4, -0.2) is 50.5 Å². The Bertz CT molecular complexity index is 1970. The molecule has 12 heteroatoms. The Morgan fingerprint density at radius 1 is 0.872 bits per heavy atom. The number of H-pyrrole nitrogens is 1. The van der Waals surface area contributed by atoms with E-state index in [1.54, 1.807) is 55.6 Å². The molecule has 4 aromatic carbocycles. The van der Waals surface area contributed by atoms with Crippen molar-refractivity contribution < 1.29 is 33.3 Å². The van der Waals surface area contributed by atoms with Crippen LogP contribution in [0, 0.1) is 0 Å². The predicted molar refractivity (Wildman–Crippen MR) is 185 cm³/mol. The number of rotatable bonds is 12. The number of ether oxygens (including phenoxy) is 5. The minimum absolute atomic E-state index is 0.201. The Balaban J connectivity index is 1.37. The van der Waals surface area contributed by atoms with Crippen molar-refractivity contribution in [1.82, 2.24) is 10.4 Å². The number of fused-ring (bicyclic) bond motifs is 1. The van der Waals surface area contributed by atoms with Crippen LogP contribution >= 0.6 is 27.5 Å². The maximum atomic E-state index is 13.5. The van der Waals surface area contributed by atoms with E-state index in [9.17, 15) is 9.59 Å². The third kappa shape index (κ3) is 7.21. The van der Waals surface area contributed by atoms with Gasteiger partial charge in [0.05, 0.1) is 44.7 Å². The van der Waals surface area contributed by atoms with Crippen LogP contribution in [0.5, 0.6) is 28.7 Å². The van der Waals surface area contributed by atoms with Crippen LogP contribution in [0.1, 0.15) is 40.3 Å². The molecular weight excluding hydrogens is 690 g/mol. The van der Waals surface area contributed by atoms with Gasteiger partial charge in [-0.3, -0.25) is 4.79 Å². The second kappa shape index (κ2) is 15.1. The van der Waals surface area contributed by atoms with Crippen molar-refractivity contribution in [3.63, 3.8) is 0 Å².